The highest BCUT2D eigenvalue weighted by Crippen LogP contribution is 2.35. The largest absolute Gasteiger partial charge is 0.378 e. The van der Waals surface area contributed by atoms with Crippen LogP contribution in [0, 0.1) is 0 Å². The average Bonchev–Trinajstić information content (AvgIpc) is 2.82. The zero-order valence-electron chi connectivity index (χ0n) is 14.7. The molecule has 0 amide bonds. The van der Waals surface area contributed by atoms with Crippen LogP contribution in [0.5, 0.6) is 0 Å². The molecular weight excluding hydrogens is 357 g/mol. The minimum absolute atomic E-state index is 0. The second kappa shape index (κ2) is 9.04. The van der Waals surface area contributed by atoms with Gasteiger partial charge in [-0.1, -0.05) is 25.1 Å². The number of hydrogen-bond acceptors (Lipinski definition) is 4. The lowest BCUT2D eigenvalue weighted by Gasteiger charge is -2.33. The zero-order valence-corrected chi connectivity index (χ0v) is 16.4. The maximum Gasteiger partial charge on any atom is 0.0726 e. The highest BCUT2D eigenvalue weighted by molar-refractivity contribution is 5.94. The Morgan fingerprint density at radius 1 is 1.08 bits per heavy atom. The van der Waals surface area contributed by atoms with Crippen molar-refractivity contribution in [3.8, 4) is 0 Å². The summed E-state index contributed by atoms with van der Waals surface area (Å²) in [7, 11) is 0. The summed E-state index contributed by atoms with van der Waals surface area (Å²) in [5, 5.41) is 1.30. The first kappa shape index (κ1) is 20.2. The molecule has 0 aliphatic carbocycles. The van der Waals surface area contributed by atoms with Crippen molar-refractivity contribution in [2.24, 2.45) is 0 Å². The summed E-state index contributed by atoms with van der Waals surface area (Å²) >= 11 is 0. The smallest absolute Gasteiger partial charge is 0.0726 e. The number of fused-ring (bicyclic) bond motifs is 2. The molecule has 1 saturated heterocycles. The number of halogens is 2. The average molecular weight is 384 g/mol. The minimum atomic E-state index is 0. The second-order valence-electron chi connectivity index (χ2n) is 6.47. The third-order valence-corrected chi connectivity index (χ3v) is 5.09. The fourth-order valence-electron chi connectivity index (χ4n) is 3.85. The van der Waals surface area contributed by atoms with Crippen molar-refractivity contribution in [2.75, 3.05) is 44.3 Å². The van der Waals surface area contributed by atoms with E-state index in [1.807, 2.05) is 0 Å². The van der Waals surface area contributed by atoms with Crippen molar-refractivity contribution in [1.29, 1.82) is 0 Å². The fourth-order valence-corrected chi connectivity index (χ4v) is 3.85. The number of ether oxygens (including phenoxy) is 1. The number of para-hydroxylation sites is 1. The van der Waals surface area contributed by atoms with Gasteiger partial charge in [0.1, 0.15) is 0 Å². The van der Waals surface area contributed by atoms with Crippen LogP contribution in [0.15, 0.2) is 24.3 Å². The topological polar surface area (TPSA) is 28.6 Å². The summed E-state index contributed by atoms with van der Waals surface area (Å²) in [6.07, 6.45) is 2.29. The van der Waals surface area contributed by atoms with Gasteiger partial charge in [0.15, 0.2) is 0 Å². The molecule has 0 bridgehead atoms. The van der Waals surface area contributed by atoms with Crippen molar-refractivity contribution in [3.05, 3.63) is 35.5 Å². The minimum Gasteiger partial charge on any atom is -0.378 e. The van der Waals surface area contributed by atoms with Crippen LogP contribution < -0.4 is 4.90 Å². The number of morpholine rings is 1. The molecule has 2 aliphatic rings. The van der Waals surface area contributed by atoms with Gasteiger partial charge in [-0.05, 0) is 32.0 Å². The first-order valence-corrected chi connectivity index (χ1v) is 8.82. The second-order valence-corrected chi connectivity index (χ2v) is 6.47. The van der Waals surface area contributed by atoms with E-state index in [4.69, 9.17) is 9.72 Å². The van der Waals surface area contributed by atoms with Gasteiger partial charge in [0.05, 0.1) is 24.4 Å². The van der Waals surface area contributed by atoms with E-state index < -0.39 is 0 Å². The lowest BCUT2D eigenvalue weighted by molar-refractivity contribution is 0.122. The summed E-state index contributed by atoms with van der Waals surface area (Å²) in [4.78, 5) is 10.1. The van der Waals surface area contributed by atoms with Crippen LogP contribution in [-0.4, -0.2) is 49.3 Å². The summed E-state index contributed by atoms with van der Waals surface area (Å²) < 4.78 is 5.58. The highest BCUT2D eigenvalue weighted by atomic mass is 35.5. The van der Waals surface area contributed by atoms with Gasteiger partial charge >= 0.3 is 0 Å². The van der Waals surface area contributed by atoms with Gasteiger partial charge in [-0.15, -0.1) is 24.8 Å². The van der Waals surface area contributed by atoms with Crippen LogP contribution in [0.25, 0.3) is 10.9 Å². The number of hydrogen-bond donors (Lipinski definition) is 0. The number of nitrogens with zero attached hydrogens (tertiary/aromatic N) is 3. The normalized spacial score (nSPS) is 18.0. The molecule has 0 radical (unpaired) electrons. The molecule has 0 unspecified atom stereocenters. The van der Waals surface area contributed by atoms with E-state index in [9.17, 15) is 0 Å². The van der Waals surface area contributed by atoms with Gasteiger partial charge in [0.2, 0.25) is 0 Å². The van der Waals surface area contributed by atoms with E-state index in [2.05, 4.69) is 41.0 Å². The Bertz CT molecular complexity index is 704. The lowest BCUT2D eigenvalue weighted by atomic mass is 10.0. The van der Waals surface area contributed by atoms with Gasteiger partial charge in [0.25, 0.3) is 0 Å². The standard InChI is InChI=1S/C19H25N3O.2ClH/c1-2-21-9-5-8-18-16(14-21)19(22-10-12-23-13-11-22)15-6-3-4-7-17(15)20-18;;/h3-4,6-7H,2,5,8-14H2,1H3;2*1H. The number of anilines is 1. The molecular formula is C19H27Cl2N3O. The molecule has 1 aromatic carbocycles. The Labute approximate surface area is 162 Å². The molecule has 2 aliphatic heterocycles. The molecule has 4 nitrogen and oxygen atoms in total. The van der Waals surface area contributed by atoms with Gasteiger partial charge in [0, 0.05) is 36.3 Å². The Morgan fingerprint density at radius 3 is 2.60 bits per heavy atom. The zero-order chi connectivity index (χ0) is 15.6. The molecule has 25 heavy (non-hydrogen) atoms. The Morgan fingerprint density at radius 2 is 1.84 bits per heavy atom. The van der Waals surface area contributed by atoms with Crippen LogP contribution in [0.4, 0.5) is 5.69 Å². The van der Waals surface area contributed by atoms with Crippen molar-refractivity contribution < 1.29 is 4.74 Å². The molecule has 0 saturated carbocycles. The number of aryl methyl sites for hydroxylation is 1. The van der Waals surface area contributed by atoms with Gasteiger partial charge in [-0.25, -0.2) is 0 Å². The maximum atomic E-state index is 5.58. The molecule has 3 heterocycles. The van der Waals surface area contributed by atoms with E-state index in [1.54, 1.807) is 0 Å². The van der Waals surface area contributed by atoms with Crippen molar-refractivity contribution in [1.82, 2.24) is 9.88 Å². The van der Waals surface area contributed by atoms with Crippen molar-refractivity contribution in [2.45, 2.75) is 26.3 Å². The summed E-state index contributed by atoms with van der Waals surface area (Å²) in [5.41, 5.74) is 5.30. The van der Waals surface area contributed by atoms with E-state index in [1.165, 1.54) is 35.3 Å². The quantitative estimate of drug-likeness (QED) is 0.790. The summed E-state index contributed by atoms with van der Waals surface area (Å²) in [5.74, 6) is 0. The number of benzene rings is 1. The predicted molar refractivity (Wildman–Crippen MR) is 109 cm³/mol. The highest BCUT2D eigenvalue weighted by Gasteiger charge is 2.24. The molecule has 0 atom stereocenters. The summed E-state index contributed by atoms with van der Waals surface area (Å²) in [6, 6.07) is 8.62. The van der Waals surface area contributed by atoms with Crippen molar-refractivity contribution in [3.63, 3.8) is 0 Å². The maximum absolute atomic E-state index is 5.58. The molecule has 0 N–H and O–H groups in total. The Hall–Kier alpha value is -1.07. The SMILES string of the molecule is CCN1CCCc2nc3ccccc3c(N3CCOCC3)c2C1.Cl.Cl. The van der Waals surface area contributed by atoms with E-state index >= 15 is 0 Å². The lowest BCUT2D eigenvalue weighted by Crippen LogP contribution is -2.37. The van der Waals surface area contributed by atoms with Gasteiger partial charge in [-0.2, -0.15) is 0 Å². The Balaban J connectivity index is 0.00000113. The molecule has 1 aromatic heterocycles. The van der Waals surface area contributed by atoms with Crippen LogP contribution in [0.3, 0.4) is 0 Å². The van der Waals surface area contributed by atoms with Crippen molar-refractivity contribution >= 4 is 41.4 Å². The van der Waals surface area contributed by atoms with E-state index in [0.29, 0.717) is 0 Å². The molecule has 0 spiro atoms. The van der Waals surface area contributed by atoms with Gasteiger partial charge < -0.3 is 9.64 Å². The van der Waals surface area contributed by atoms with E-state index in [-0.39, 0.29) is 24.8 Å². The number of rotatable bonds is 2. The van der Waals surface area contributed by atoms with Crippen LogP contribution in [0.1, 0.15) is 24.6 Å². The van der Waals surface area contributed by atoms with E-state index in [0.717, 1.165) is 51.3 Å². The number of aromatic nitrogens is 1. The molecule has 2 aromatic rings. The summed E-state index contributed by atoms with van der Waals surface area (Å²) in [6.45, 7) is 9.16. The molecule has 138 valence electrons. The van der Waals surface area contributed by atoms with Gasteiger partial charge in [-0.3, -0.25) is 9.88 Å². The first-order valence-electron chi connectivity index (χ1n) is 8.82. The predicted octanol–water partition coefficient (Wildman–Crippen LogP) is 3.68. The molecule has 6 heteroatoms. The monoisotopic (exact) mass is 383 g/mol. The number of pyridine rings is 1. The molecule has 4 rings (SSSR count). The third-order valence-electron chi connectivity index (χ3n) is 5.09. The first-order chi connectivity index (χ1) is 11.4. The van der Waals surface area contributed by atoms with Crippen LogP contribution in [0.2, 0.25) is 0 Å². The third kappa shape index (κ3) is 4.03. The van der Waals surface area contributed by atoms with Crippen LogP contribution >= 0.6 is 24.8 Å². The molecule has 1 fully saturated rings. The van der Waals surface area contributed by atoms with Crippen LogP contribution in [-0.2, 0) is 17.7 Å². The Kier molecular flexibility index (Phi) is 7.32. The fraction of sp³-hybridized carbons (Fsp3) is 0.526.